The number of halogens is 1. The molecule has 0 saturated heterocycles. The minimum absolute atomic E-state index is 0.542. The van der Waals surface area contributed by atoms with Crippen LogP contribution in [-0.4, -0.2) is 29.7 Å². The third-order valence-corrected chi connectivity index (χ3v) is 3.10. The zero-order chi connectivity index (χ0) is 14.1. The topological polar surface area (TPSA) is 47.0 Å². The molecule has 4 nitrogen and oxygen atoms in total. The number of aromatic nitrogens is 2. The first-order valence-electron chi connectivity index (χ1n) is 6.96. The van der Waals surface area contributed by atoms with E-state index in [0.29, 0.717) is 17.7 Å². The van der Waals surface area contributed by atoms with E-state index in [9.17, 15) is 0 Å². The second-order valence-corrected chi connectivity index (χ2v) is 5.32. The van der Waals surface area contributed by atoms with Gasteiger partial charge in [-0.25, -0.2) is 9.97 Å². The molecule has 0 amide bonds. The average Bonchev–Trinajstić information content (AvgIpc) is 2.37. The Balaban J connectivity index is 2.34. The van der Waals surface area contributed by atoms with Gasteiger partial charge in [0.25, 0.3) is 0 Å². The van der Waals surface area contributed by atoms with Crippen molar-refractivity contribution in [2.75, 3.05) is 25.1 Å². The van der Waals surface area contributed by atoms with Gasteiger partial charge in [-0.1, -0.05) is 38.8 Å². The van der Waals surface area contributed by atoms with Crippen LogP contribution in [0.25, 0.3) is 0 Å². The lowest BCUT2D eigenvalue weighted by Gasteiger charge is -2.11. The molecular weight excluding hydrogens is 262 g/mol. The SMILES string of the molecule is CCCc1c(Cl)ncnc1NCCOCCC(C)C. The van der Waals surface area contributed by atoms with Crippen LogP contribution in [0.3, 0.4) is 0 Å². The minimum Gasteiger partial charge on any atom is -0.380 e. The van der Waals surface area contributed by atoms with Gasteiger partial charge >= 0.3 is 0 Å². The number of ether oxygens (including phenoxy) is 1. The summed E-state index contributed by atoms with van der Waals surface area (Å²) in [6, 6.07) is 0. The zero-order valence-corrected chi connectivity index (χ0v) is 12.8. The van der Waals surface area contributed by atoms with E-state index in [1.165, 1.54) is 6.33 Å². The van der Waals surface area contributed by atoms with Gasteiger partial charge in [0.2, 0.25) is 0 Å². The van der Waals surface area contributed by atoms with Gasteiger partial charge in [-0.3, -0.25) is 0 Å². The Bertz CT molecular complexity index is 372. The highest BCUT2D eigenvalue weighted by atomic mass is 35.5. The van der Waals surface area contributed by atoms with Gasteiger partial charge < -0.3 is 10.1 Å². The highest BCUT2D eigenvalue weighted by Crippen LogP contribution is 2.21. The summed E-state index contributed by atoms with van der Waals surface area (Å²) >= 11 is 6.08. The van der Waals surface area contributed by atoms with Crippen molar-refractivity contribution in [1.29, 1.82) is 0 Å². The largest absolute Gasteiger partial charge is 0.380 e. The number of nitrogens with zero attached hydrogens (tertiary/aromatic N) is 2. The van der Waals surface area contributed by atoms with Gasteiger partial charge in [0.15, 0.2) is 0 Å². The fourth-order valence-corrected chi connectivity index (χ4v) is 1.91. The van der Waals surface area contributed by atoms with Gasteiger partial charge in [0, 0.05) is 18.7 Å². The maximum atomic E-state index is 6.08. The maximum absolute atomic E-state index is 6.08. The standard InChI is InChI=1S/C14H24ClN3O/c1-4-5-12-13(15)17-10-18-14(12)16-7-9-19-8-6-11(2)3/h10-11H,4-9H2,1-3H3,(H,16,17,18). The summed E-state index contributed by atoms with van der Waals surface area (Å²) in [6.45, 7) is 8.74. The maximum Gasteiger partial charge on any atom is 0.137 e. The molecule has 1 rings (SSSR count). The minimum atomic E-state index is 0.542. The molecule has 0 spiro atoms. The van der Waals surface area contributed by atoms with Crippen molar-refractivity contribution in [3.8, 4) is 0 Å². The number of hydrogen-bond donors (Lipinski definition) is 1. The molecule has 1 heterocycles. The van der Waals surface area contributed by atoms with Crippen molar-refractivity contribution in [3.05, 3.63) is 17.0 Å². The molecule has 0 aromatic carbocycles. The van der Waals surface area contributed by atoms with E-state index in [1.54, 1.807) is 0 Å². The van der Waals surface area contributed by atoms with Crippen LogP contribution in [0, 0.1) is 5.92 Å². The summed E-state index contributed by atoms with van der Waals surface area (Å²) in [5.41, 5.74) is 0.994. The molecule has 0 fully saturated rings. The summed E-state index contributed by atoms with van der Waals surface area (Å²) in [7, 11) is 0. The third kappa shape index (κ3) is 6.21. The summed E-state index contributed by atoms with van der Waals surface area (Å²) < 4.78 is 5.56. The van der Waals surface area contributed by atoms with E-state index in [4.69, 9.17) is 16.3 Å². The van der Waals surface area contributed by atoms with Gasteiger partial charge in [0.1, 0.15) is 17.3 Å². The molecule has 0 radical (unpaired) electrons. The number of hydrogen-bond acceptors (Lipinski definition) is 4. The first-order valence-corrected chi connectivity index (χ1v) is 7.34. The molecule has 0 aliphatic rings. The highest BCUT2D eigenvalue weighted by molar-refractivity contribution is 6.30. The molecule has 0 atom stereocenters. The molecule has 1 aromatic heterocycles. The van der Waals surface area contributed by atoms with E-state index in [-0.39, 0.29) is 0 Å². The van der Waals surface area contributed by atoms with Gasteiger partial charge in [0.05, 0.1) is 6.61 Å². The molecule has 0 unspecified atom stereocenters. The van der Waals surface area contributed by atoms with E-state index in [0.717, 1.165) is 43.8 Å². The van der Waals surface area contributed by atoms with Crippen LogP contribution in [0.5, 0.6) is 0 Å². The van der Waals surface area contributed by atoms with Crippen LogP contribution in [-0.2, 0) is 11.2 Å². The zero-order valence-electron chi connectivity index (χ0n) is 12.1. The summed E-state index contributed by atoms with van der Waals surface area (Å²) in [5, 5.41) is 3.81. The number of anilines is 1. The first kappa shape index (κ1) is 16.2. The molecule has 5 heteroatoms. The second-order valence-electron chi connectivity index (χ2n) is 4.96. The smallest absolute Gasteiger partial charge is 0.137 e. The Hall–Kier alpha value is -0.870. The Morgan fingerprint density at radius 3 is 2.79 bits per heavy atom. The normalized spacial score (nSPS) is 11.0. The quantitative estimate of drug-likeness (QED) is 0.557. The van der Waals surface area contributed by atoms with Crippen LogP contribution in [0.4, 0.5) is 5.82 Å². The average molecular weight is 286 g/mol. The Morgan fingerprint density at radius 1 is 1.32 bits per heavy atom. The Labute approximate surface area is 120 Å². The van der Waals surface area contributed by atoms with Crippen LogP contribution in [0.2, 0.25) is 5.15 Å². The van der Waals surface area contributed by atoms with Gasteiger partial charge in [-0.15, -0.1) is 0 Å². The van der Waals surface area contributed by atoms with E-state index < -0.39 is 0 Å². The fraction of sp³-hybridized carbons (Fsp3) is 0.714. The monoisotopic (exact) mass is 285 g/mol. The highest BCUT2D eigenvalue weighted by Gasteiger charge is 2.08. The number of rotatable bonds is 9. The van der Waals surface area contributed by atoms with Crippen molar-refractivity contribution < 1.29 is 4.74 Å². The molecule has 0 aliphatic carbocycles. The summed E-state index contributed by atoms with van der Waals surface area (Å²) in [5.74, 6) is 1.51. The molecule has 0 aliphatic heterocycles. The summed E-state index contributed by atoms with van der Waals surface area (Å²) in [6.07, 6.45) is 4.49. The first-order chi connectivity index (χ1) is 9.15. The van der Waals surface area contributed by atoms with Crippen LogP contribution in [0.1, 0.15) is 39.2 Å². The van der Waals surface area contributed by atoms with Crippen molar-refractivity contribution >= 4 is 17.4 Å². The van der Waals surface area contributed by atoms with E-state index in [2.05, 4.69) is 36.1 Å². The molecule has 108 valence electrons. The lowest BCUT2D eigenvalue weighted by Crippen LogP contribution is -2.13. The van der Waals surface area contributed by atoms with Gasteiger partial charge in [-0.05, 0) is 18.8 Å². The van der Waals surface area contributed by atoms with E-state index >= 15 is 0 Å². The molecule has 0 saturated carbocycles. The fourth-order valence-electron chi connectivity index (χ4n) is 1.68. The van der Waals surface area contributed by atoms with Crippen molar-refractivity contribution in [2.24, 2.45) is 5.92 Å². The predicted molar refractivity (Wildman–Crippen MR) is 79.8 cm³/mol. The lowest BCUT2D eigenvalue weighted by molar-refractivity contribution is 0.132. The molecule has 1 N–H and O–H groups in total. The molecule has 0 bridgehead atoms. The van der Waals surface area contributed by atoms with E-state index in [1.807, 2.05) is 0 Å². The Kier molecular flexibility index (Phi) is 7.75. The molecule has 1 aromatic rings. The van der Waals surface area contributed by atoms with Gasteiger partial charge in [-0.2, -0.15) is 0 Å². The van der Waals surface area contributed by atoms with Crippen molar-refractivity contribution in [3.63, 3.8) is 0 Å². The van der Waals surface area contributed by atoms with Crippen LogP contribution < -0.4 is 5.32 Å². The summed E-state index contributed by atoms with van der Waals surface area (Å²) in [4.78, 5) is 8.26. The van der Waals surface area contributed by atoms with Crippen molar-refractivity contribution in [2.45, 2.75) is 40.0 Å². The third-order valence-electron chi connectivity index (χ3n) is 2.77. The lowest BCUT2D eigenvalue weighted by atomic mass is 10.1. The van der Waals surface area contributed by atoms with Crippen molar-refractivity contribution in [1.82, 2.24) is 9.97 Å². The molecule has 19 heavy (non-hydrogen) atoms. The number of nitrogens with one attached hydrogen (secondary N) is 1. The Morgan fingerprint density at radius 2 is 2.11 bits per heavy atom. The molecular formula is C14H24ClN3O. The second kappa shape index (κ2) is 9.10. The van der Waals surface area contributed by atoms with Crippen LogP contribution >= 0.6 is 11.6 Å². The predicted octanol–water partition coefficient (Wildman–Crippen LogP) is 3.56. The van der Waals surface area contributed by atoms with Crippen LogP contribution in [0.15, 0.2) is 6.33 Å².